The number of hydrogen-bond donors (Lipinski definition) is 1. The third kappa shape index (κ3) is 3.32. The van der Waals surface area contributed by atoms with Gasteiger partial charge in [0.05, 0.1) is 21.1 Å². The third-order valence-corrected chi connectivity index (χ3v) is 3.72. The number of hydrogen-bond acceptors (Lipinski definition) is 2. The van der Waals surface area contributed by atoms with Gasteiger partial charge in [0.25, 0.3) is 0 Å². The van der Waals surface area contributed by atoms with E-state index in [0.29, 0.717) is 21.6 Å². The Morgan fingerprint density at radius 1 is 1.50 bits per heavy atom. The van der Waals surface area contributed by atoms with Crippen molar-refractivity contribution < 1.29 is 0 Å². The first-order chi connectivity index (χ1) is 7.43. The molecular weight excluding hydrogens is 263 g/mol. The van der Waals surface area contributed by atoms with Crippen LogP contribution in [-0.4, -0.2) is 23.0 Å². The number of nitrogens with two attached hydrogens (primary N) is 1. The summed E-state index contributed by atoms with van der Waals surface area (Å²) in [4.78, 5) is 2.50. The highest BCUT2D eigenvalue weighted by molar-refractivity contribution is 7.80. The highest BCUT2D eigenvalue weighted by Crippen LogP contribution is 2.26. The Labute approximate surface area is 111 Å². The third-order valence-electron chi connectivity index (χ3n) is 2.52. The van der Waals surface area contributed by atoms with E-state index >= 15 is 0 Å². The minimum absolute atomic E-state index is 0.0325. The van der Waals surface area contributed by atoms with Gasteiger partial charge in [-0.15, -0.1) is 0 Å². The van der Waals surface area contributed by atoms with Crippen LogP contribution >= 0.6 is 35.4 Å². The van der Waals surface area contributed by atoms with E-state index in [9.17, 15) is 0 Å². The van der Waals surface area contributed by atoms with E-state index in [1.54, 1.807) is 6.07 Å². The fraction of sp³-hybridized carbons (Fsp3) is 0.364. The predicted molar refractivity (Wildman–Crippen MR) is 74.2 cm³/mol. The molecular formula is C11H14Cl2N2S. The second kappa shape index (κ2) is 5.82. The summed E-state index contributed by atoms with van der Waals surface area (Å²) in [6, 6.07) is 5.62. The number of benzene rings is 1. The van der Waals surface area contributed by atoms with Crippen LogP contribution in [0.25, 0.3) is 0 Å². The van der Waals surface area contributed by atoms with Crippen molar-refractivity contribution in [3.8, 4) is 0 Å². The molecule has 0 aliphatic carbocycles. The van der Waals surface area contributed by atoms with Crippen molar-refractivity contribution >= 4 is 40.4 Å². The Morgan fingerprint density at radius 2 is 2.12 bits per heavy atom. The average Bonchev–Trinajstić information content (AvgIpc) is 2.23. The highest BCUT2D eigenvalue weighted by atomic mass is 35.5. The number of rotatable bonds is 4. The van der Waals surface area contributed by atoms with Gasteiger partial charge < -0.3 is 5.73 Å². The van der Waals surface area contributed by atoms with E-state index in [-0.39, 0.29) is 6.04 Å². The molecule has 0 bridgehead atoms. The van der Waals surface area contributed by atoms with Crippen molar-refractivity contribution in [1.82, 2.24) is 4.90 Å². The quantitative estimate of drug-likeness (QED) is 0.857. The number of thiocarbonyl (C=S) groups is 1. The largest absolute Gasteiger partial charge is 0.392 e. The monoisotopic (exact) mass is 276 g/mol. The smallest absolute Gasteiger partial charge is 0.0899 e. The van der Waals surface area contributed by atoms with Crippen LogP contribution in [-0.2, 0) is 6.54 Å². The SMILES string of the molecule is CC(C(N)=S)N(C)Cc1cccc(Cl)c1Cl. The Kier molecular flexibility index (Phi) is 4.99. The fourth-order valence-electron chi connectivity index (χ4n) is 1.29. The highest BCUT2D eigenvalue weighted by Gasteiger charge is 2.14. The van der Waals surface area contributed by atoms with E-state index in [2.05, 4.69) is 0 Å². The van der Waals surface area contributed by atoms with E-state index < -0.39 is 0 Å². The molecule has 5 heteroatoms. The molecule has 0 saturated heterocycles. The van der Waals surface area contributed by atoms with Gasteiger partial charge in [0.1, 0.15) is 0 Å². The van der Waals surface area contributed by atoms with Crippen LogP contribution in [0.3, 0.4) is 0 Å². The molecule has 2 N–H and O–H groups in total. The van der Waals surface area contributed by atoms with Crippen LogP contribution in [0.5, 0.6) is 0 Å². The fourth-order valence-corrected chi connectivity index (χ4v) is 1.85. The lowest BCUT2D eigenvalue weighted by Gasteiger charge is -2.24. The Balaban J connectivity index is 2.81. The maximum absolute atomic E-state index is 6.10. The summed E-state index contributed by atoms with van der Waals surface area (Å²) in [5, 5.41) is 1.15. The zero-order valence-corrected chi connectivity index (χ0v) is 11.5. The molecule has 0 radical (unpaired) electrons. The lowest BCUT2D eigenvalue weighted by molar-refractivity contribution is 0.304. The summed E-state index contributed by atoms with van der Waals surface area (Å²) in [5.41, 5.74) is 6.56. The lowest BCUT2D eigenvalue weighted by atomic mass is 10.2. The normalized spacial score (nSPS) is 12.8. The van der Waals surface area contributed by atoms with Crippen LogP contribution in [0.2, 0.25) is 10.0 Å². The second-order valence-corrected chi connectivity index (χ2v) is 4.96. The number of nitrogens with zero attached hydrogens (tertiary/aromatic N) is 1. The molecule has 16 heavy (non-hydrogen) atoms. The van der Waals surface area contributed by atoms with Crippen molar-refractivity contribution in [2.24, 2.45) is 5.73 Å². The van der Waals surface area contributed by atoms with Gasteiger partial charge >= 0.3 is 0 Å². The van der Waals surface area contributed by atoms with Crippen LogP contribution in [0.15, 0.2) is 18.2 Å². The molecule has 0 aliphatic rings. The topological polar surface area (TPSA) is 29.3 Å². The van der Waals surface area contributed by atoms with Crippen molar-refractivity contribution in [2.75, 3.05) is 7.05 Å². The van der Waals surface area contributed by atoms with E-state index in [1.165, 1.54) is 0 Å². The summed E-state index contributed by atoms with van der Waals surface area (Å²) in [7, 11) is 1.95. The molecule has 2 nitrogen and oxygen atoms in total. The molecule has 0 saturated carbocycles. The summed E-state index contributed by atoms with van der Waals surface area (Å²) in [5.74, 6) is 0. The lowest BCUT2D eigenvalue weighted by Crippen LogP contribution is -2.38. The molecule has 0 heterocycles. The first-order valence-corrected chi connectivity index (χ1v) is 6.02. The summed E-state index contributed by atoms with van der Waals surface area (Å²) in [6.07, 6.45) is 0. The van der Waals surface area contributed by atoms with Crippen molar-refractivity contribution in [3.05, 3.63) is 33.8 Å². The zero-order valence-electron chi connectivity index (χ0n) is 9.21. The molecule has 0 aromatic heterocycles. The van der Waals surface area contributed by atoms with Crippen LogP contribution in [0.1, 0.15) is 12.5 Å². The van der Waals surface area contributed by atoms with Gasteiger partial charge in [0.15, 0.2) is 0 Å². The molecule has 1 aromatic carbocycles. The average molecular weight is 277 g/mol. The summed E-state index contributed by atoms with van der Waals surface area (Å²) < 4.78 is 0. The van der Waals surface area contributed by atoms with E-state index in [0.717, 1.165) is 5.56 Å². The van der Waals surface area contributed by atoms with Crippen LogP contribution < -0.4 is 5.73 Å². The van der Waals surface area contributed by atoms with Gasteiger partial charge in [-0.05, 0) is 25.6 Å². The van der Waals surface area contributed by atoms with Crippen LogP contribution in [0.4, 0.5) is 0 Å². The molecule has 1 unspecified atom stereocenters. The molecule has 0 aliphatic heterocycles. The Bertz CT molecular complexity index is 396. The Morgan fingerprint density at radius 3 is 2.69 bits per heavy atom. The molecule has 1 rings (SSSR count). The molecule has 1 aromatic rings. The minimum Gasteiger partial charge on any atom is -0.392 e. The standard InChI is InChI=1S/C11H14Cl2N2S/c1-7(11(14)16)15(2)6-8-4-3-5-9(12)10(8)13/h3-5,7H,6H2,1-2H3,(H2,14,16). The van der Waals surface area contributed by atoms with Gasteiger partial charge in [-0.3, -0.25) is 4.90 Å². The molecule has 88 valence electrons. The number of likely N-dealkylation sites (N-methyl/N-ethyl adjacent to an activating group) is 1. The molecule has 0 spiro atoms. The van der Waals surface area contributed by atoms with Crippen molar-refractivity contribution in [1.29, 1.82) is 0 Å². The maximum Gasteiger partial charge on any atom is 0.0899 e. The molecule has 1 atom stereocenters. The molecule has 0 amide bonds. The van der Waals surface area contributed by atoms with Gasteiger partial charge in [0.2, 0.25) is 0 Å². The summed E-state index contributed by atoms with van der Waals surface area (Å²) in [6.45, 7) is 2.62. The van der Waals surface area contributed by atoms with Gasteiger partial charge in [-0.2, -0.15) is 0 Å². The molecule has 0 fully saturated rings. The first-order valence-electron chi connectivity index (χ1n) is 4.86. The summed E-state index contributed by atoms with van der Waals surface area (Å²) >= 11 is 17.0. The second-order valence-electron chi connectivity index (χ2n) is 3.71. The van der Waals surface area contributed by atoms with Crippen LogP contribution in [0, 0.1) is 0 Å². The van der Waals surface area contributed by atoms with Crippen molar-refractivity contribution in [2.45, 2.75) is 19.5 Å². The first kappa shape index (κ1) is 13.7. The van der Waals surface area contributed by atoms with E-state index in [4.69, 9.17) is 41.2 Å². The van der Waals surface area contributed by atoms with Gasteiger partial charge in [-0.1, -0.05) is 47.6 Å². The van der Waals surface area contributed by atoms with Crippen molar-refractivity contribution in [3.63, 3.8) is 0 Å². The Hall–Kier alpha value is -0.350. The minimum atomic E-state index is 0.0325. The van der Waals surface area contributed by atoms with Gasteiger partial charge in [0, 0.05) is 6.54 Å². The number of halogens is 2. The predicted octanol–water partition coefficient (Wildman–Crippen LogP) is 3.10. The maximum atomic E-state index is 6.10. The van der Waals surface area contributed by atoms with Gasteiger partial charge in [-0.25, -0.2) is 0 Å². The van der Waals surface area contributed by atoms with E-state index in [1.807, 2.05) is 31.0 Å². The zero-order chi connectivity index (χ0) is 12.3.